The Morgan fingerprint density at radius 1 is 1.47 bits per heavy atom. The molecule has 0 radical (unpaired) electrons. The number of aliphatic hydroxyl groups excluding tert-OH is 1. The maximum Gasteiger partial charge on any atom is 0.309 e. The molecular formula is C10H21NO4. The van der Waals surface area contributed by atoms with Crippen LogP contribution in [-0.4, -0.2) is 63.0 Å². The Labute approximate surface area is 91.0 Å². The summed E-state index contributed by atoms with van der Waals surface area (Å²) in [7, 11) is 3.31. The fraction of sp³-hybridized carbons (Fsp3) is 0.900. The fourth-order valence-corrected chi connectivity index (χ4v) is 1.22. The number of carbonyl (C=O) groups is 1. The minimum atomic E-state index is -0.196. The highest BCUT2D eigenvalue weighted by Crippen LogP contribution is 2.00. The summed E-state index contributed by atoms with van der Waals surface area (Å²) in [6.45, 7) is 4.18. The zero-order valence-corrected chi connectivity index (χ0v) is 9.73. The van der Waals surface area contributed by atoms with Gasteiger partial charge in [-0.2, -0.15) is 0 Å². The number of esters is 1. The fourth-order valence-electron chi connectivity index (χ4n) is 1.22. The van der Waals surface area contributed by atoms with Crippen molar-refractivity contribution in [1.29, 1.82) is 0 Å². The lowest BCUT2D eigenvalue weighted by Crippen LogP contribution is -2.31. The summed E-state index contributed by atoms with van der Waals surface area (Å²) < 4.78 is 9.74. The van der Waals surface area contributed by atoms with Crippen molar-refractivity contribution >= 4 is 5.97 Å². The van der Waals surface area contributed by atoms with Crippen LogP contribution in [0.3, 0.4) is 0 Å². The van der Waals surface area contributed by atoms with Gasteiger partial charge in [0.2, 0.25) is 0 Å². The number of carbonyl (C=O) groups excluding carboxylic acids is 1. The molecule has 5 heteroatoms. The summed E-state index contributed by atoms with van der Waals surface area (Å²) in [5, 5.41) is 8.48. The minimum Gasteiger partial charge on any atom is -0.469 e. The summed E-state index contributed by atoms with van der Waals surface area (Å²) in [5.41, 5.74) is 0. The van der Waals surface area contributed by atoms with Crippen molar-refractivity contribution in [1.82, 2.24) is 4.90 Å². The average Bonchev–Trinajstić information content (AvgIpc) is 2.23. The first-order valence-electron chi connectivity index (χ1n) is 5.06. The van der Waals surface area contributed by atoms with Crippen LogP contribution in [0, 0.1) is 5.92 Å². The van der Waals surface area contributed by atoms with Crippen molar-refractivity contribution in [2.75, 3.05) is 47.1 Å². The number of likely N-dealkylation sites (N-methyl/N-ethyl adjacent to an activating group) is 1. The van der Waals surface area contributed by atoms with E-state index in [-0.39, 0.29) is 18.5 Å². The van der Waals surface area contributed by atoms with Gasteiger partial charge in [0.25, 0.3) is 0 Å². The summed E-state index contributed by atoms with van der Waals surface area (Å²) in [4.78, 5) is 13.1. The van der Waals surface area contributed by atoms with E-state index in [0.29, 0.717) is 19.8 Å². The van der Waals surface area contributed by atoms with Crippen molar-refractivity contribution in [2.45, 2.75) is 6.92 Å². The van der Waals surface area contributed by atoms with Crippen molar-refractivity contribution in [3.8, 4) is 0 Å². The van der Waals surface area contributed by atoms with Gasteiger partial charge in [-0.3, -0.25) is 4.79 Å². The first-order valence-corrected chi connectivity index (χ1v) is 5.06. The van der Waals surface area contributed by atoms with E-state index in [9.17, 15) is 4.79 Å². The Kier molecular flexibility index (Phi) is 8.27. The predicted octanol–water partition coefficient (Wildman–Crippen LogP) is -0.264. The van der Waals surface area contributed by atoms with E-state index in [1.807, 2.05) is 18.9 Å². The molecule has 0 aromatic rings. The Bertz CT molecular complexity index is 175. The molecule has 0 aliphatic rings. The second kappa shape index (κ2) is 8.64. The molecule has 0 saturated carbocycles. The van der Waals surface area contributed by atoms with Crippen LogP contribution in [0.4, 0.5) is 0 Å². The molecule has 1 N–H and O–H groups in total. The van der Waals surface area contributed by atoms with Crippen LogP contribution < -0.4 is 0 Å². The molecule has 0 bridgehead atoms. The maximum atomic E-state index is 11.1. The lowest BCUT2D eigenvalue weighted by molar-refractivity contribution is -0.145. The molecule has 15 heavy (non-hydrogen) atoms. The highest BCUT2D eigenvalue weighted by Gasteiger charge is 2.14. The van der Waals surface area contributed by atoms with Gasteiger partial charge in [-0.25, -0.2) is 0 Å². The summed E-state index contributed by atoms with van der Waals surface area (Å²) in [6.07, 6.45) is 0. The van der Waals surface area contributed by atoms with Crippen LogP contribution in [-0.2, 0) is 14.3 Å². The third-order valence-corrected chi connectivity index (χ3v) is 2.04. The maximum absolute atomic E-state index is 11.1. The lowest BCUT2D eigenvalue weighted by Gasteiger charge is -2.19. The first kappa shape index (κ1) is 14.3. The van der Waals surface area contributed by atoms with Crippen LogP contribution in [0.25, 0.3) is 0 Å². The van der Waals surface area contributed by atoms with Crippen molar-refractivity contribution in [2.24, 2.45) is 5.92 Å². The molecule has 0 heterocycles. The van der Waals surface area contributed by atoms with Crippen LogP contribution in [0.15, 0.2) is 0 Å². The van der Waals surface area contributed by atoms with E-state index in [4.69, 9.17) is 9.84 Å². The van der Waals surface area contributed by atoms with E-state index >= 15 is 0 Å². The van der Waals surface area contributed by atoms with Crippen molar-refractivity contribution in [3.05, 3.63) is 0 Å². The van der Waals surface area contributed by atoms with Gasteiger partial charge in [0.05, 0.1) is 32.8 Å². The number of ether oxygens (including phenoxy) is 2. The van der Waals surface area contributed by atoms with E-state index in [1.165, 1.54) is 7.11 Å². The van der Waals surface area contributed by atoms with Crippen molar-refractivity contribution < 1.29 is 19.4 Å². The average molecular weight is 219 g/mol. The molecular weight excluding hydrogens is 198 g/mol. The molecule has 0 aromatic heterocycles. The van der Waals surface area contributed by atoms with E-state index in [1.54, 1.807) is 0 Å². The van der Waals surface area contributed by atoms with Crippen molar-refractivity contribution in [3.63, 3.8) is 0 Å². The molecule has 1 atom stereocenters. The normalized spacial score (nSPS) is 12.9. The topological polar surface area (TPSA) is 59.0 Å². The molecule has 90 valence electrons. The monoisotopic (exact) mass is 219 g/mol. The van der Waals surface area contributed by atoms with Crippen LogP contribution in [0.1, 0.15) is 6.92 Å². The number of hydrogen-bond donors (Lipinski definition) is 1. The van der Waals surface area contributed by atoms with Gasteiger partial charge < -0.3 is 19.5 Å². The van der Waals surface area contributed by atoms with Gasteiger partial charge in [0.15, 0.2) is 0 Å². The van der Waals surface area contributed by atoms with Gasteiger partial charge in [0, 0.05) is 13.1 Å². The second-order valence-corrected chi connectivity index (χ2v) is 3.52. The summed E-state index contributed by atoms with van der Waals surface area (Å²) in [5.74, 6) is -0.323. The number of nitrogens with zero attached hydrogens (tertiary/aromatic N) is 1. The standard InChI is InChI=1S/C10H21NO4/c1-9(10(13)14-3)8-11(2)4-6-15-7-5-12/h9,12H,4-8H2,1-3H3. The van der Waals surface area contributed by atoms with Gasteiger partial charge in [0.1, 0.15) is 0 Å². The summed E-state index contributed by atoms with van der Waals surface area (Å²) >= 11 is 0. The zero-order chi connectivity index (χ0) is 11.7. The number of hydrogen-bond acceptors (Lipinski definition) is 5. The van der Waals surface area contributed by atoms with Gasteiger partial charge in [-0.15, -0.1) is 0 Å². The molecule has 0 spiro atoms. The van der Waals surface area contributed by atoms with Gasteiger partial charge in [-0.1, -0.05) is 6.92 Å². The number of methoxy groups -OCH3 is 1. The highest BCUT2D eigenvalue weighted by atomic mass is 16.5. The Morgan fingerprint density at radius 2 is 2.13 bits per heavy atom. The predicted molar refractivity (Wildman–Crippen MR) is 56.6 cm³/mol. The Balaban J connectivity index is 3.55. The summed E-state index contributed by atoms with van der Waals surface area (Å²) in [6, 6.07) is 0. The Morgan fingerprint density at radius 3 is 2.67 bits per heavy atom. The van der Waals surface area contributed by atoms with Gasteiger partial charge >= 0.3 is 5.97 Å². The molecule has 0 amide bonds. The first-order chi connectivity index (χ1) is 7.11. The van der Waals surface area contributed by atoms with Crippen LogP contribution in [0.5, 0.6) is 0 Å². The Hall–Kier alpha value is -0.650. The molecule has 0 rings (SSSR count). The third kappa shape index (κ3) is 7.30. The zero-order valence-electron chi connectivity index (χ0n) is 9.73. The highest BCUT2D eigenvalue weighted by molar-refractivity contribution is 5.71. The number of aliphatic hydroxyl groups is 1. The molecule has 0 saturated heterocycles. The lowest BCUT2D eigenvalue weighted by atomic mass is 10.2. The molecule has 0 aliphatic heterocycles. The third-order valence-electron chi connectivity index (χ3n) is 2.04. The van der Waals surface area contributed by atoms with Crippen LogP contribution in [0.2, 0.25) is 0 Å². The van der Waals surface area contributed by atoms with Crippen LogP contribution >= 0.6 is 0 Å². The minimum absolute atomic E-state index is 0.0439. The van der Waals surface area contributed by atoms with E-state index in [0.717, 1.165) is 6.54 Å². The largest absolute Gasteiger partial charge is 0.469 e. The SMILES string of the molecule is COC(=O)C(C)CN(C)CCOCCO. The van der Waals surface area contributed by atoms with Gasteiger partial charge in [-0.05, 0) is 7.05 Å². The second-order valence-electron chi connectivity index (χ2n) is 3.52. The molecule has 0 aliphatic carbocycles. The molecule has 1 unspecified atom stereocenters. The van der Waals surface area contributed by atoms with E-state index in [2.05, 4.69) is 4.74 Å². The molecule has 0 aromatic carbocycles. The van der Waals surface area contributed by atoms with E-state index < -0.39 is 0 Å². The number of rotatable bonds is 8. The molecule has 5 nitrogen and oxygen atoms in total. The quantitative estimate of drug-likeness (QED) is 0.450. The molecule has 0 fully saturated rings. The smallest absolute Gasteiger partial charge is 0.309 e.